The molecule has 10 heteroatoms. The van der Waals surface area contributed by atoms with Gasteiger partial charge >= 0.3 is 5.69 Å². The Balaban J connectivity index is 1.43. The maximum Gasteiger partial charge on any atom is 0.329 e. The first-order valence-electron chi connectivity index (χ1n) is 10.8. The minimum absolute atomic E-state index is 0.196. The van der Waals surface area contributed by atoms with Gasteiger partial charge in [0.05, 0.1) is 29.8 Å². The number of para-hydroxylation sites is 1. The van der Waals surface area contributed by atoms with Crippen molar-refractivity contribution in [2.24, 2.45) is 7.05 Å². The monoisotopic (exact) mass is 430 g/mol. The molecule has 2 amide bonds. The molecule has 0 saturated carbocycles. The van der Waals surface area contributed by atoms with Crippen LogP contribution < -0.4 is 21.2 Å². The van der Waals surface area contributed by atoms with Crippen molar-refractivity contribution in [3.05, 3.63) is 28.7 Å². The second-order valence-corrected chi connectivity index (χ2v) is 8.86. The maximum absolute atomic E-state index is 15.3. The van der Waals surface area contributed by atoms with Gasteiger partial charge in [0, 0.05) is 46.2 Å². The Labute approximate surface area is 178 Å². The number of hydrogen-bond acceptors (Lipinski definition) is 6. The number of imidazole rings is 1. The molecule has 0 radical (unpaired) electrons. The third-order valence-corrected chi connectivity index (χ3v) is 6.61. The predicted octanol–water partition coefficient (Wildman–Crippen LogP) is -0.249. The number of anilines is 1. The number of halogens is 1. The van der Waals surface area contributed by atoms with Gasteiger partial charge in [0.25, 0.3) is 0 Å². The highest BCUT2D eigenvalue weighted by Crippen LogP contribution is 2.36. The van der Waals surface area contributed by atoms with Crippen LogP contribution in [0.3, 0.4) is 0 Å². The minimum Gasteiger partial charge on any atom is -0.363 e. The standard InChI is InChI=1S/C21H27FN6O3/c1-25-18-14(27-12-21(22,13-27)11-26-9-7-23-8-10-26)3-2-4-15(18)28(20(25)31)16-5-6-17(29)24-19(16)30/h2-4,16,23H,5-13H2,1H3,(H,24,29,30). The van der Waals surface area contributed by atoms with E-state index in [2.05, 4.69) is 15.5 Å². The molecule has 1 unspecified atom stereocenters. The van der Waals surface area contributed by atoms with Crippen LogP contribution in [0.2, 0.25) is 0 Å². The Kier molecular flexibility index (Phi) is 4.86. The summed E-state index contributed by atoms with van der Waals surface area (Å²) in [5, 5.41) is 5.60. The van der Waals surface area contributed by atoms with Crippen LogP contribution in [0.1, 0.15) is 18.9 Å². The van der Waals surface area contributed by atoms with E-state index in [1.54, 1.807) is 13.1 Å². The molecular formula is C21H27FN6O3. The van der Waals surface area contributed by atoms with E-state index in [0.717, 1.165) is 31.9 Å². The van der Waals surface area contributed by atoms with Gasteiger partial charge in [-0.2, -0.15) is 0 Å². The van der Waals surface area contributed by atoms with Crippen LogP contribution in [0.25, 0.3) is 11.0 Å². The van der Waals surface area contributed by atoms with Crippen LogP contribution in [0.15, 0.2) is 23.0 Å². The molecule has 3 aliphatic heterocycles. The minimum atomic E-state index is -1.27. The number of benzene rings is 1. The van der Waals surface area contributed by atoms with E-state index in [1.165, 1.54) is 9.13 Å². The molecule has 0 bridgehead atoms. The van der Waals surface area contributed by atoms with Crippen molar-refractivity contribution in [3.8, 4) is 0 Å². The van der Waals surface area contributed by atoms with Crippen molar-refractivity contribution in [2.75, 3.05) is 50.7 Å². The lowest BCUT2D eigenvalue weighted by molar-refractivity contribution is -0.135. The van der Waals surface area contributed by atoms with Crippen LogP contribution in [-0.2, 0) is 16.6 Å². The van der Waals surface area contributed by atoms with Crippen LogP contribution in [0.5, 0.6) is 0 Å². The number of amides is 2. The summed E-state index contributed by atoms with van der Waals surface area (Å²) in [7, 11) is 1.67. The summed E-state index contributed by atoms with van der Waals surface area (Å²) < 4.78 is 18.3. The highest BCUT2D eigenvalue weighted by atomic mass is 19.1. The molecule has 1 atom stereocenters. The number of nitrogens with one attached hydrogen (secondary N) is 2. The first kappa shape index (κ1) is 20.2. The zero-order valence-corrected chi connectivity index (χ0v) is 17.6. The lowest BCUT2D eigenvalue weighted by atomic mass is 9.94. The van der Waals surface area contributed by atoms with Crippen molar-refractivity contribution in [2.45, 2.75) is 24.6 Å². The second kappa shape index (κ2) is 7.45. The SMILES string of the molecule is Cn1c(=O)n(C2CCC(=O)NC2=O)c2cccc(N3CC(F)(CN4CCNCC4)C3)c21. The van der Waals surface area contributed by atoms with Crippen LogP contribution >= 0.6 is 0 Å². The number of piperidine rings is 1. The quantitative estimate of drug-likeness (QED) is 0.651. The Bertz CT molecular complexity index is 1100. The zero-order chi connectivity index (χ0) is 21.8. The molecule has 31 heavy (non-hydrogen) atoms. The number of alkyl halides is 1. The largest absolute Gasteiger partial charge is 0.363 e. The molecule has 1 aromatic carbocycles. The summed E-state index contributed by atoms with van der Waals surface area (Å²) in [4.78, 5) is 41.1. The third-order valence-electron chi connectivity index (χ3n) is 6.61. The molecule has 0 aliphatic carbocycles. The average Bonchev–Trinajstić information content (AvgIpc) is 2.98. The first-order valence-corrected chi connectivity index (χ1v) is 10.8. The molecule has 2 aromatic rings. The summed E-state index contributed by atoms with van der Waals surface area (Å²) >= 11 is 0. The number of fused-ring (bicyclic) bond motifs is 1. The average molecular weight is 430 g/mol. The van der Waals surface area contributed by atoms with Crippen molar-refractivity contribution < 1.29 is 14.0 Å². The lowest BCUT2D eigenvalue weighted by Gasteiger charge is -2.48. The third kappa shape index (κ3) is 3.43. The Morgan fingerprint density at radius 1 is 1.16 bits per heavy atom. The van der Waals surface area contributed by atoms with Gasteiger partial charge in [-0.1, -0.05) is 6.07 Å². The number of hydrogen-bond donors (Lipinski definition) is 2. The first-order chi connectivity index (χ1) is 14.9. The van der Waals surface area contributed by atoms with Crippen molar-refractivity contribution in [1.29, 1.82) is 0 Å². The summed E-state index contributed by atoms with van der Waals surface area (Å²) in [6.45, 7) is 4.43. The van der Waals surface area contributed by atoms with E-state index in [4.69, 9.17) is 0 Å². The molecule has 3 aliphatic rings. The number of piperazine rings is 1. The molecule has 3 saturated heterocycles. The molecule has 4 heterocycles. The van der Waals surface area contributed by atoms with E-state index in [0.29, 0.717) is 17.6 Å². The molecule has 2 N–H and O–H groups in total. The van der Waals surface area contributed by atoms with Crippen molar-refractivity contribution >= 4 is 28.5 Å². The number of nitrogens with zero attached hydrogens (tertiary/aromatic N) is 4. The Morgan fingerprint density at radius 2 is 1.90 bits per heavy atom. The van der Waals surface area contributed by atoms with Gasteiger partial charge in [-0.15, -0.1) is 0 Å². The number of carbonyl (C=O) groups is 2. The lowest BCUT2D eigenvalue weighted by Crippen LogP contribution is -2.65. The fourth-order valence-corrected chi connectivity index (χ4v) is 5.08. The topological polar surface area (TPSA) is 91.6 Å². The van der Waals surface area contributed by atoms with Gasteiger partial charge < -0.3 is 10.2 Å². The van der Waals surface area contributed by atoms with E-state index < -0.39 is 17.6 Å². The highest BCUT2D eigenvalue weighted by molar-refractivity contribution is 6.00. The molecule has 5 rings (SSSR count). The van der Waals surface area contributed by atoms with Crippen LogP contribution in [0.4, 0.5) is 10.1 Å². The molecule has 1 aromatic heterocycles. The summed E-state index contributed by atoms with van der Waals surface area (Å²) in [5.41, 5.74) is 0.505. The van der Waals surface area contributed by atoms with Crippen LogP contribution in [-0.4, -0.2) is 77.3 Å². The fourth-order valence-electron chi connectivity index (χ4n) is 5.08. The van der Waals surface area contributed by atoms with Gasteiger partial charge in [-0.3, -0.25) is 28.9 Å². The Hall–Kier alpha value is -2.72. The summed E-state index contributed by atoms with van der Waals surface area (Å²) in [6.07, 6.45) is 0.483. The molecule has 9 nitrogen and oxygen atoms in total. The summed E-state index contributed by atoms with van der Waals surface area (Å²) in [5.74, 6) is -0.779. The van der Waals surface area contributed by atoms with E-state index >= 15 is 4.39 Å². The number of aromatic nitrogens is 2. The highest BCUT2D eigenvalue weighted by Gasteiger charge is 2.45. The second-order valence-electron chi connectivity index (χ2n) is 8.86. The number of aryl methyl sites for hydroxylation is 1. The van der Waals surface area contributed by atoms with Crippen molar-refractivity contribution in [3.63, 3.8) is 0 Å². The number of rotatable bonds is 4. The Morgan fingerprint density at radius 3 is 2.61 bits per heavy atom. The molecule has 0 spiro atoms. The van der Waals surface area contributed by atoms with Gasteiger partial charge in [0.2, 0.25) is 11.8 Å². The van der Waals surface area contributed by atoms with Gasteiger partial charge in [-0.05, 0) is 18.6 Å². The van der Waals surface area contributed by atoms with E-state index in [9.17, 15) is 14.4 Å². The fraction of sp³-hybridized carbons (Fsp3) is 0.571. The number of imide groups is 1. The smallest absolute Gasteiger partial charge is 0.329 e. The predicted molar refractivity (Wildman–Crippen MR) is 114 cm³/mol. The maximum atomic E-state index is 15.3. The van der Waals surface area contributed by atoms with Gasteiger partial charge in [0.15, 0.2) is 5.67 Å². The summed E-state index contributed by atoms with van der Waals surface area (Å²) in [6, 6.07) is 4.79. The normalized spacial score (nSPS) is 24.3. The van der Waals surface area contributed by atoms with Gasteiger partial charge in [0.1, 0.15) is 6.04 Å². The van der Waals surface area contributed by atoms with Crippen molar-refractivity contribution in [1.82, 2.24) is 24.7 Å². The zero-order valence-electron chi connectivity index (χ0n) is 17.6. The molecular weight excluding hydrogens is 403 g/mol. The van der Waals surface area contributed by atoms with E-state index in [1.807, 2.05) is 17.0 Å². The van der Waals surface area contributed by atoms with E-state index in [-0.39, 0.29) is 37.5 Å². The molecule has 166 valence electrons. The van der Waals surface area contributed by atoms with Crippen LogP contribution in [0, 0.1) is 0 Å². The molecule has 3 fully saturated rings. The number of carbonyl (C=O) groups excluding carboxylic acids is 2. The van der Waals surface area contributed by atoms with Gasteiger partial charge in [-0.25, -0.2) is 9.18 Å².